The van der Waals surface area contributed by atoms with Crippen molar-refractivity contribution in [2.75, 3.05) is 7.11 Å². The maximum absolute atomic E-state index is 10.6. The molecule has 2 aromatic rings. The van der Waals surface area contributed by atoms with Crippen LogP contribution < -0.4 is 4.74 Å². The van der Waals surface area contributed by atoms with Crippen LogP contribution in [0.5, 0.6) is 5.75 Å². The van der Waals surface area contributed by atoms with Crippen LogP contribution in [-0.2, 0) is 0 Å². The fourth-order valence-corrected chi connectivity index (χ4v) is 2.78. The molecule has 0 amide bonds. The summed E-state index contributed by atoms with van der Waals surface area (Å²) in [6.07, 6.45) is -0.833. The molecule has 1 aromatic carbocycles. The van der Waals surface area contributed by atoms with Gasteiger partial charge in [-0.2, -0.15) is 0 Å². The highest BCUT2D eigenvalue weighted by Crippen LogP contribution is 2.39. The van der Waals surface area contributed by atoms with Crippen molar-refractivity contribution in [3.63, 3.8) is 0 Å². The molecule has 0 bridgehead atoms. The Labute approximate surface area is 121 Å². The summed E-state index contributed by atoms with van der Waals surface area (Å²) in [5.74, 6) is 2.00. The molecule has 1 atom stereocenters. The van der Waals surface area contributed by atoms with Crippen LogP contribution in [0.2, 0.25) is 0 Å². The summed E-state index contributed by atoms with van der Waals surface area (Å²) >= 11 is 3.51. The molecule has 3 nitrogen and oxygen atoms in total. The minimum Gasteiger partial charge on any atom is -0.496 e. The molecule has 1 aromatic heterocycles. The summed E-state index contributed by atoms with van der Waals surface area (Å²) in [6.45, 7) is 5.75. The lowest BCUT2D eigenvalue weighted by atomic mass is 9.97. The Morgan fingerprint density at radius 1 is 1.26 bits per heavy atom. The van der Waals surface area contributed by atoms with Gasteiger partial charge in [-0.3, -0.25) is 0 Å². The Hall–Kier alpha value is -1.26. The highest BCUT2D eigenvalue weighted by molar-refractivity contribution is 9.10. The van der Waals surface area contributed by atoms with Crippen molar-refractivity contribution in [3.8, 4) is 5.75 Å². The van der Waals surface area contributed by atoms with Gasteiger partial charge in [0.25, 0.3) is 0 Å². The average molecular weight is 325 g/mol. The number of rotatable bonds is 3. The number of aliphatic hydroxyl groups is 1. The van der Waals surface area contributed by atoms with Crippen molar-refractivity contribution in [2.24, 2.45) is 0 Å². The number of hydrogen-bond acceptors (Lipinski definition) is 3. The second-order valence-corrected chi connectivity index (χ2v) is 5.45. The molecule has 102 valence electrons. The summed E-state index contributed by atoms with van der Waals surface area (Å²) < 4.78 is 11.9. The van der Waals surface area contributed by atoms with Crippen LogP contribution in [0.15, 0.2) is 27.1 Å². The Bertz CT molecular complexity index is 602. The molecule has 0 saturated carbocycles. The van der Waals surface area contributed by atoms with Gasteiger partial charge in [-0.1, -0.05) is 15.9 Å². The van der Waals surface area contributed by atoms with Gasteiger partial charge < -0.3 is 14.3 Å². The zero-order chi connectivity index (χ0) is 14.2. The lowest BCUT2D eigenvalue weighted by Gasteiger charge is -2.19. The molecule has 0 fully saturated rings. The highest BCUT2D eigenvalue weighted by Gasteiger charge is 2.23. The van der Waals surface area contributed by atoms with E-state index in [0.29, 0.717) is 11.5 Å². The Kier molecular flexibility index (Phi) is 4.02. The lowest BCUT2D eigenvalue weighted by molar-refractivity contribution is 0.182. The van der Waals surface area contributed by atoms with Gasteiger partial charge in [0.2, 0.25) is 0 Å². The third-order valence-corrected chi connectivity index (χ3v) is 4.04. The third-order valence-electron chi connectivity index (χ3n) is 3.22. The normalized spacial score (nSPS) is 12.5. The third kappa shape index (κ3) is 2.55. The first-order valence-corrected chi connectivity index (χ1v) is 6.83. The van der Waals surface area contributed by atoms with E-state index in [1.54, 1.807) is 13.2 Å². The molecule has 1 heterocycles. The molecule has 0 aliphatic rings. The summed E-state index contributed by atoms with van der Waals surface area (Å²) in [5.41, 5.74) is 2.66. The monoisotopic (exact) mass is 324 g/mol. The van der Waals surface area contributed by atoms with E-state index in [2.05, 4.69) is 15.9 Å². The first-order chi connectivity index (χ1) is 8.95. The molecule has 0 radical (unpaired) electrons. The van der Waals surface area contributed by atoms with E-state index in [1.165, 1.54) is 0 Å². The SMILES string of the molecule is COc1c(C)cc(Br)c(C)c1C(O)c1ccc(C)o1. The zero-order valence-corrected chi connectivity index (χ0v) is 13.0. The van der Waals surface area contributed by atoms with E-state index < -0.39 is 6.10 Å². The van der Waals surface area contributed by atoms with Crippen molar-refractivity contribution in [3.05, 3.63) is 50.9 Å². The Balaban J connectivity index is 2.60. The van der Waals surface area contributed by atoms with Crippen LogP contribution in [0, 0.1) is 20.8 Å². The molecular weight excluding hydrogens is 308 g/mol. The fraction of sp³-hybridized carbons (Fsp3) is 0.333. The number of aliphatic hydroxyl groups excluding tert-OH is 1. The van der Waals surface area contributed by atoms with Crippen molar-refractivity contribution in [2.45, 2.75) is 26.9 Å². The van der Waals surface area contributed by atoms with Crippen LogP contribution in [-0.4, -0.2) is 12.2 Å². The zero-order valence-electron chi connectivity index (χ0n) is 11.5. The maximum atomic E-state index is 10.6. The first-order valence-electron chi connectivity index (χ1n) is 6.03. The lowest BCUT2D eigenvalue weighted by Crippen LogP contribution is -2.06. The smallest absolute Gasteiger partial charge is 0.140 e. The van der Waals surface area contributed by atoms with Crippen molar-refractivity contribution < 1.29 is 14.3 Å². The number of ether oxygens (including phenoxy) is 1. The van der Waals surface area contributed by atoms with E-state index in [4.69, 9.17) is 9.15 Å². The topological polar surface area (TPSA) is 42.6 Å². The van der Waals surface area contributed by atoms with E-state index in [1.807, 2.05) is 32.9 Å². The van der Waals surface area contributed by atoms with Crippen LogP contribution >= 0.6 is 15.9 Å². The Morgan fingerprint density at radius 3 is 2.47 bits per heavy atom. The fourth-order valence-electron chi connectivity index (χ4n) is 2.22. The van der Waals surface area contributed by atoms with Gasteiger partial charge in [0.1, 0.15) is 23.4 Å². The Morgan fingerprint density at radius 2 is 1.95 bits per heavy atom. The number of aryl methyl sites for hydroxylation is 2. The molecule has 1 N–H and O–H groups in total. The summed E-state index contributed by atoms with van der Waals surface area (Å²) in [6, 6.07) is 5.61. The van der Waals surface area contributed by atoms with Crippen molar-refractivity contribution in [1.82, 2.24) is 0 Å². The molecule has 0 spiro atoms. The minimum absolute atomic E-state index is 0.524. The standard InChI is InChI=1S/C15H17BrO3/c1-8-7-11(16)10(3)13(15(8)18-4)14(17)12-6-5-9(2)19-12/h5-7,14,17H,1-4H3. The molecule has 1 unspecified atom stereocenters. The van der Waals surface area contributed by atoms with Gasteiger partial charge in [0, 0.05) is 10.0 Å². The van der Waals surface area contributed by atoms with Gasteiger partial charge in [0.05, 0.1) is 7.11 Å². The molecule has 19 heavy (non-hydrogen) atoms. The second kappa shape index (κ2) is 5.39. The molecule has 2 rings (SSSR count). The van der Waals surface area contributed by atoms with Crippen LogP contribution in [0.1, 0.15) is 34.3 Å². The maximum Gasteiger partial charge on any atom is 0.140 e. The number of benzene rings is 1. The van der Waals surface area contributed by atoms with Gasteiger partial charge in [0.15, 0.2) is 0 Å². The molecule has 0 aliphatic heterocycles. The number of halogens is 1. The van der Waals surface area contributed by atoms with Crippen LogP contribution in [0.3, 0.4) is 0 Å². The van der Waals surface area contributed by atoms with E-state index in [9.17, 15) is 5.11 Å². The molecule has 4 heteroatoms. The van der Waals surface area contributed by atoms with E-state index in [-0.39, 0.29) is 0 Å². The van der Waals surface area contributed by atoms with Crippen LogP contribution in [0.25, 0.3) is 0 Å². The molecular formula is C15H17BrO3. The van der Waals surface area contributed by atoms with Gasteiger partial charge in [-0.05, 0) is 50.1 Å². The summed E-state index contributed by atoms with van der Waals surface area (Å²) in [4.78, 5) is 0. The van der Waals surface area contributed by atoms with E-state index >= 15 is 0 Å². The largest absolute Gasteiger partial charge is 0.496 e. The first kappa shape index (κ1) is 14.2. The summed E-state index contributed by atoms with van der Waals surface area (Å²) in [7, 11) is 1.61. The van der Waals surface area contributed by atoms with E-state index in [0.717, 1.165) is 26.9 Å². The number of furan rings is 1. The van der Waals surface area contributed by atoms with Gasteiger partial charge >= 0.3 is 0 Å². The molecule has 0 aliphatic carbocycles. The highest BCUT2D eigenvalue weighted by atomic mass is 79.9. The number of methoxy groups -OCH3 is 1. The predicted octanol–water partition coefficient (Wildman–Crippen LogP) is 4.06. The second-order valence-electron chi connectivity index (χ2n) is 4.60. The average Bonchev–Trinajstić information content (AvgIpc) is 2.79. The van der Waals surface area contributed by atoms with Gasteiger partial charge in [-0.15, -0.1) is 0 Å². The van der Waals surface area contributed by atoms with Crippen molar-refractivity contribution in [1.29, 1.82) is 0 Å². The van der Waals surface area contributed by atoms with Crippen LogP contribution in [0.4, 0.5) is 0 Å². The van der Waals surface area contributed by atoms with Crippen molar-refractivity contribution >= 4 is 15.9 Å². The summed E-state index contributed by atoms with van der Waals surface area (Å²) in [5, 5.41) is 10.6. The van der Waals surface area contributed by atoms with Gasteiger partial charge in [-0.25, -0.2) is 0 Å². The number of hydrogen-bond donors (Lipinski definition) is 1. The predicted molar refractivity (Wildman–Crippen MR) is 77.7 cm³/mol. The quantitative estimate of drug-likeness (QED) is 0.925. The minimum atomic E-state index is -0.833. The molecule has 0 saturated heterocycles.